The number of carboxylic acids is 2. The van der Waals surface area contributed by atoms with Crippen LogP contribution in [0.15, 0.2) is 51.2 Å². The van der Waals surface area contributed by atoms with Crippen LogP contribution in [-0.4, -0.2) is 79.1 Å². The molecule has 38 heavy (non-hydrogen) atoms. The van der Waals surface area contributed by atoms with Gasteiger partial charge in [0, 0.05) is 33.9 Å². The number of nitrogen functional groups attached to an aromatic ring is 1. The average Bonchev–Trinajstić information content (AvgIpc) is 3.31. The molecule has 0 unspecified atom stereocenters. The van der Waals surface area contributed by atoms with Gasteiger partial charge in [0.25, 0.3) is 11.8 Å². The number of nitrogens with zero attached hydrogens (tertiary/aromatic N) is 4. The van der Waals surface area contributed by atoms with Crippen molar-refractivity contribution in [3.05, 3.63) is 46.9 Å². The largest absolute Gasteiger partial charge is 0.477 e. The van der Waals surface area contributed by atoms with Crippen LogP contribution in [0.2, 0.25) is 0 Å². The van der Waals surface area contributed by atoms with Crippen molar-refractivity contribution in [1.29, 1.82) is 0 Å². The number of hydrogen-bond donors (Lipinski definition) is 4. The molecule has 2 aromatic rings. The van der Waals surface area contributed by atoms with Crippen molar-refractivity contribution >= 4 is 69.5 Å². The highest BCUT2D eigenvalue weighted by Crippen LogP contribution is 2.41. The zero-order valence-corrected chi connectivity index (χ0v) is 22.3. The van der Waals surface area contributed by atoms with Crippen molar-refractivity contribution in [1.82, 2.24) is 15.2 Å². The fourth-order valence-corrected chi connectivity index (χ4v) is 6.62. The highest BCUT2D eigenvalue weighted by atomic mass is 32.2. The van der Waals surface area contributed by atoms with Crippen molar-refractivity contribution in [2.75, 3.05) is 23.8 Å². The van der Waals surface area contributed by atoms with Gasteiger partial charge in [0.15, 0.2) is 23.2 Å². The molecule has 0 radical (unpaired) electrons. The van der Waals surface area contributed by atoms with Gasteiger partial charge in [-0.15, -0.1) is 34.9 Å². The molecule has 4 heterocycles. The van der Waals surface area contributed by atoms with E-state index in [1.54, 1.807) is 36.8 Å². The number of thioether (sulfide) groups is 2. The number of pyridine rings is 1. The van der Waals surface area contributed by atoms with Gasteiger partial charge in [-0.05, 0) is 12.5 Å². The van der Waals surface area contributed by atoms with E-state index in [0.29, 0.717) is 17.1 Å². The van der Waals surface area contributed by atoms with E-state index in [0.717, 1.165) is 16.2 Å². The molecule has 5 N–H and O–H groups in total. The molecule has 2 aromatic heterocycles. The number of nitrogens with one attached hydrogen (secondary N) is 1. The van der Waals surface area contributed by atoms with Crippen molar-refractivity contribution < 1.29 is 38.8 Å². The Labute approximate surface area is 228 Å². The smallest absolute Gasteiger partial charge is 0.370 e. The molecule has 0 bridgehead atoms. The van der Waals surface area contributed by atoms with Gasteiger partial charge in [-0.2, -0.15) is 4.57 Å². The Morgan fingerprint density at radius 3 is 2.68 bits per heavy atom. The quantitative estimate of drug-likeness (QED) is 0.0946. The maximum atomic E-state index is 13.0. The van der Waals surface area contributed by atoms with Crippen LogP contribution in [0.3, 0.4) is 0 Å². The minimum absolute atomic E-state index is 0.0934. The predicted molar refractivity (Wildman–Crippen MR) is 139 cm³/mol. The molecule has 2 atom stereocenters. The Balaban J connectivity index is 1.45. The number of aliphatic carboxylic acids is 2. The van der Waals surface area contributed by atoms with E-state index >= 15 is 0 Å². The first kappa shape index (κ1) is 27.4. The Bertz CT molecular complexity index is 1330. The van der Waals surface area contributed by atoms with Crippen LogP contribution in [0.1, 0.15) is 12.6 Å². The second-order valence-electron chi connectivity index (χ2n) is 7.94. The standard InChI is InChI=1S/C22H22N6O7S3/c1-2-35-26-15(13-10-38-22(23)24-13)18(31)25-16-19(32)28-17(21(33)34)11(9-37-20(16)28)8-36-12-3-5-27(6-4-12)7-14(29)30/h3-6,10,16,20H,2,7-9H2,1H3,(H4-,23,24,25,29,30,31,33,34)/p+1/b26-15-/t16-,20-/m1/s1. The number of rotatable bonds is 11. The molecule has 0 aliphatic carbocycles. The molecule has 1 saturated heterocycles. The number of oxime groups is 1. The highest BCUT2D eigenvalue weighted by molar-refractivity contribution is 8.01. The highest BCUT2D eigenvalue weighted by Gasteiger charge is 2.54. The van der Waals surface area contributed by atoms with Gasteiger partial charge >= 0.3 is 11.9 Å². The van der Waals surface area contributed by atoms with E-state index in [1.807, 2.05) is 0 Å². The molecule has 2 aliphatic rings. The minimum Gasteiger partial charge on any atom is -0.477 e. The zero-order chi connectivity index (χ0) is 27.4. The first-order chi connectivity index (χ1) is 18.2. The van der Waals surface area contributed by atoms with E-state index in [1.165, 1.54) is 33.0 Å². The number of carbonyl (C=O) groups is 4. The SMILES string of the molecule is CCO/N=C(\C(=O)N[C@@H]1C(=O)N2C(C(=O)O)=C(CSc3cc[n+](CC(=O)O)cc3)CS[C@H]12)c1csc(N)n1. The number of thiazole rings is 1. The Morgan fingerprint density at radius 1 is 1.34 bits per heavy atom. The lowest BCUT2D eigenvalue weighted by atomic mass is 10.0. The summed E-state index contributed by atoms with van der Waals surface area (Å²) >= 11 is 3.85. The van der Waals surface area contributed by atoms with Crippen LogP contribution in [0.25, 0.3) is 0 Å². The normalized spacial score (nSPS) is 19.0. The van der Waals surface area contributed by atoms with Gasteiger partial charge in [-0.25, -0.2) is 14.6 Å². The number of nitrogens with two attached hydrogens (primary N) is 1. The molecule has 13 nitrogen and oxygen atoms in total. The van der Waals surface area contributed by atoms with Crippen LogP contribution in [0, 0.1) is 0 Å². The van der Waals surface area contributed by atoms with Crippen molar-refractivity contribution in [3.8, 4) is 0 Å². The number of β-lactam (4-membered cyclic amide) rings is 1. The Morgan fingerprint density at radius 2 is 2.08 bits per heavy atom. The zero-order valence-electron chi connectivity index (χ0n) is 19.9. The fourth-order valence-electron chi connectivity index (χ4n) is 3.71. The third-order valence-corrected chi connectivity index (χ3v) is 8.50. The van der Waals surface area contributed by atoms with E-state index in [-0.39, 0.29) is 35.4 Å². The fraction of sp³-hybridized carbons (Fsp3) is 0.318. The molecule has 1 fully saturated rings. The summed E-state index contributed by atoms with van der Waals surface area (Å²) < 4.78 is 1.51. The summed E-state index contributed by atoms with van der Waals surface area (Å²) in [7, 11) is 0. The predicted octanol–water partition coefficient (Wildman–Crippen LogP) is 0.369. The van der Waals surface area contributed by atoms with Gasteiger partial charge in [-0.3, -0.25) is 14.5 Å². The van der Waals surface area contributed by atoms with E-state index in [9.17, 15) is 24.3 Å². The first-order valence-electron chi connectivity index (χ1n) is 11.2. The molecular formula is C22H23N6O7S3+. The lowest BCUT2D eigenvalue weighted by molar-refractivity contribution is -0.686. The Kier molecular flexibility index (Phi) is 8.53. The Hall–Kier alpha value is -3.63. The maximum absolute atomic E-state index is 13.0. The average molecular weight is 580 g/mol. The monoisotopic (exact) mass is 579 g/mol. The summed E-state index contributed by atoms with van der Waals surface area (Å²) in [5.41, 5.74) is 6.22. The maximum Gasteiger partial charge on any atom is 0.370 e. The summed E-state index contributed by atoms with van der Waals surface area (Å²) in [5.74, 6) is -2.74. The lowest BCUT2D eigenvalue weighted by Gasteiger charge is -2.49. The van der Waals surface area contributed by atoms with Crippen LogP contribution in [0.5, 0.6) is 0 Å². The van der Waals surface area contributed by atoms with Crippen LogP contribution >= 0.6 is 34.9 Å². The molecule has 2 aliphatic heterocycles. The molecule has 4 rings (SSSR count). The number of carboxylic acid groups (broad SMARTS) is 2. The van der Waals surface area contributed by atoms with Gasteiger partial charge in [0.05, 0.1) is 0 Å². The number of aromatic nitrogens is 2. The first-order valence-corrected chi connectivity index (χ1v) is 14.1. The molecule has 2 amide bonds. The van der Waals surface area contributed by atoms with E-state index < -0.39 is 35.2 Å². The van der Waals surface area contributed by atoms with Crippen LogP contribution < -0.4 is 15.6 Å². The van der Waals surface area contributed by atoms with Gasteiger partial charge < -0.3 is 26.1 Å². The molecule has 16 heteroatoms. The number of anilines is 1. The number of amides is 2. The summed E-state index contributed by atoms with van der Waals surface area (Å²) in [4.78, 5) is 60.0. The second kappa shape index (κ2) is 11.8. The number of carbonyl (C=O) groups excluding carboxylic acids is 2. The van der Waals surface area contributed by atoms with Crippen molar-refractivity contribution in [3.63, 3.8) is 0 Å². The van der Waals surface area contributed by atoms with Crippen molar-refractivity contribution in [2.45, 2.75) is 29.8 Å². The van der Waals surface area contributed by atoms with Gasteiger partial charge in [-0.1, -0.05) is 5.16 Å². The van der Waals surface area contributed by atoms with Gasteiger partial charge in [0.2, 0.25) is 6.54 Å². The number of hydrogen-bond acceptors (Lipinski definition) is 11. The van der Waals surface area contributed by atoms with Gasteiger partial charge in [0.1, 0.15) is 29.4 Å². The van der Waals surface area contributed by atoms with Crippen LogP contribution in [-0.2, 0) is 30.6 Å². The topological polar surface area (TPSA) is 188 Å². The summed E-state index contributed by atoms with van der Waals surface area (Å²) in [6, 6.07) is 2.54. The number of fused-ring (bicyclic) bond motifs is 1. The molecule has 0 saturated carbocycles. The molecule has 200 valence electrons. The van der Waals surface area contributed by atoms with Crippen LogP contribution in [0.4, 0.5) is 5.13 Å². The third kappa shape index (κ3) is 5.92. The third-order valence-electron chi connectivity index (χ3n) is 5.39. The summed E-state index contributed by atoms with van der Waals surface area (Å²) in [6.45, 7) is 1.75. The summed E-state index contributed by atoms with van der Waals surface area (Å²) in [5, 5.41) is 26.4. The molecule has 0 aromatic carbocycles. The molecule has 0 spiro atoms. The molecular weight excluding hydrogens is 556 g/mol. The minimum atomic E-state index is -1.23. The summed E-state index contributed by atoms with van der Waals surface area (Å²) in [6.07, 6.45) is 3.26. The lowest BCUT2D eigenvalue weighted by Crippen LogP contribution is -2.71. The second-order valence-corrected chi connectivity index (χ2v) is 11.0. The van der Waals surface area contributed by atoms with Crippen molar-refractivity contribution in [2.24, 2.45) is 5.16 Å². The van der Waals surface area contributed by atoms with E-state index in [4.69, 9.17) is 15.7 Å². The van der Waals surface area contributed by atoms with E-state index in [2.05, 4.69) is 15.5 Å².